The molecule has 9 heteroatoms. The van der Waals surface area contributed by atoms with E-state index in [-0.39, 0.29) is 17.3 Å². The predicted molar refractivity (Wildman–Crippen MR) is 114 cm³/mol. The summed E-state index contributed by atoms with van der Waals surface area (Å²) in [5.74, 6) is -0.502. The van der Waals surface area contributed by atoms with Crippen LogP contribution in [0, 0.1) is 11.8 Å². The van der Waals surface area contributed by atoms with Crippen molar-refractivity contribution in [2.75, 3.05) is 5.32 Å². The van der Waals surface area contributed by atoms with Gasteiger partial charge in [0.2, 0.25) is 11.8 Å². The van der Waals surface area contributed by atoms with Crippen molar-refractivity contribution in [3.8, 4) is 11.5 Å². The molecule has 29 heavy (non-hydrogen) atoms. The van der Waals surface area contributed by atoms with E-state index in [1.165, 1.54) is 16.0 Å². The zero-order valence-corrected chi connectivity index (χ0v) is 17.5. The number of aryl methyl sites for hydroxylation is 2. The molecule has 3 N–H and O–H groups in total. The van der Waals surface area contributed by atoms with Crippen LogP contribution in [0.4, 0.5) is 5.00 Å². The molecule has 0 atom stereocenters. The summed E-state index contributed by atoms with van der Waals surface area (Å²) in [5, 5.41) is 7.62. The van der Waals surface area contributed by atoms with Crippen molar-refractivity contribution in [2.24, 2.45) is 5.73 Å². The van der Waals surface area contributed by atoms with Gasteiger partial charge < -0.3 is 15.5 Å². The fourth-order valence-corrected chi connectivity index (χ4v) is 4.93. The lowest BCUT2D eigenvalue weighted by Crippen LogP contribution is -2.22. The molecule has 150 valence electrons. The molecule has 0 saturated carbocycles. The van der Waals surface area contributed by atoms with E-state index >= 15 is 0 Å². The Hall–Kier alpha value is -2.78. The van der Waals surface area contributed by atoms with Gasteiger partial charge in [0.1, 0.15) is 11.5 Å². The van der Waals surface area contributed by atoms with Gasteiger partial charge in [-0.15, -0.1) is 16.4 Å². The normalized spacial score (nSPS) is 13.1. The Morgan fingerprint density at radius 2 is 2.00 bits per heavy atom. The highest BCUT2D eigenvalue weighted by Crippen LogP contribution is 2.37. The molecule has 7 nitrogen and oxygen atoms in total. The Morgan fingerprint density at radius 3 is 2.72 bits per heavy atom. The molecule has 0 unspecified atom stereocenters. The number of hydrogen-bond acceptors (Lipinski definition) is 6. The Balaban J connectivity index is 1.54. The third-order valence-electron chi connectivity index (χ3n) is 4.87. The fourth-order valence-electron chi connectivity index (χ4n) is 3.44. The predicted octanol–water partition coefficient (Wildman–Crippen LogP) is 3.86. The number of nitrogens with two attached hydrogens (primary N) is 1. The fraction of sp³-hybridized carbons (Fsp3) is 0.300. The van der Waals surface area contributed by atoms with Gasteiger partial charge in [0.15, 0.2) is 0 Å². The van der Waals surface area contributed by atoms with E-state index < -0.39 is 5.91 Å². The minimum Gasteiger partial charge on any atom is -0.409 e. The number of primary amides is 1. The Morgan fingerprint density at radius 1 is 1.28 bits per heavy atom. The second-order valence-corrected chi connectivity index (χ2v) is 8.48. The lowest BCUT2D eigenvalue weighted by atomic mass is 9.95. The average molecular weight is 429 g/mol. The number of aromatic nitrogens is 2. The second kappa shape index (κ2) is 7.92. The van der Waals surface area contributed by atoms with Crippen molar-refractivity contribution in [3.05, 3.63) is 50.7 Å². The van der Waals surface area contributed by atoms with Crippen molar-refractivity contribution in [2.45, 2.75) is 39.2 Å². The maximum atomic E-state index is 12.6. The summed E-state index contributed by atoms with van der Waals surface area (Å²) in [6, 6.07) is 7.67. The zero-order valence-electron chi connectivity index (χ0n) is 15.9. The first-order valence-corrected chi connectivity index (χ1v) is 10.5. The van der Waals surface area contributed by atoms with Crippen LogP contribution in [-0.4, -0.2) is 21.6 Å². The smallest absolute Gasteiger partial charge is 0.287 e. The number of anilines is 1. The summed E-state index contributed by atoms with van der Waals surface area (Å²) >= 11 is 6.63. The van der Waals surface area contributed by atoms with E-state index in [0.717, 1.165) is 47.3 Å². The summed E-state index contributed by atoms with van der Waals surface area (Å²) in [6.45, 7) is 1.88. The summed E-state index contributed by atoms with van der Waals surface area (Å²) in [5.41, 5.74) is 8.89. The average Bonchev–Trinajstić information content (AvgIpc) is 3.22. The number of carbonyl (C=O) groups excluding carboxylic acids is 2. The number of fused-ring (bicyclic) bond motifs is 1. The first-order chi connectivity index (χ1) is 13.9. The van der Waals surface area contributed by atoms with Crippen LogP contribution >= 0.6 is 23.6 Å². The van der Waals surface area contributed by atoms with Crippen molar-refractivity contribution in [1.29, 1.82) is 0 Å². The van der Waals surface area contributed by atoms with Crippen molar-refractivity contribution in [3.63, 3.8) is 0 Å². The molecule has 0 radical (unpaired) electrons. The molecule has 1 aliphatic carbocycles. The highest BCUT2D eigenvalue weighted by atomic mass is 32.1. The SMILES string of the molecule is Cc1ccc(-c2nn(CC(=O)Nc3sc4c(c3C(N)=O)CCCC4)c(=S)o2)cc1. The van der Waals surface area contributed by atoms with Gasteiger partial charge in [-0.25, -0.2) is 4.68 Å². The van der Waals surface area contributed by atoms with Crippen molar-refractivity contribution >= 4 is 40.4 Å². The first-order valence-electron chi connectivity index (χ1n) is 9.31. The summed E-state index contributed by atoms with van der Waals surface area (Å²) in [6.07, 6.45) is 3.82. The summed E-state index contributed by atoms with van der Waals surface area (Å²) in [7, 11) is 0. The number of amides is 2. The second-order valence-electron chi connectivity index (χ2n) is 7.02. The molecule has 4 rings (SSSR count). The number of hydrogen-bond donors (Lipinski definition) is 2. The number of thiophene rings is 1. The standard InChI is InChI=1S/C20H20N4O3S2/c1-11-6-8-12(9-7-11)18-23-24(20(28)27-18)10-15(25)22-19-16(17(21)26)13-4-2-3-5-14(13)29-19/h6-9H,2-5,10H2,1H3,(H2,21,26)(H,22,25). The molecule has 3 aromatic rings. The Kier molecular flexibility index (Phi) is 5.33. The number of rotatable bonds is 5. The van der Waals surface area contributed by atoms with Gasteiger partial charge in [0.05, 0.1) is 5.56 Å². The van der Waals surface area contributed by atoms with Crippen molar-refractivity contribution in [1.82, 2.24) is 9.78 Å². The topological polar surface area (TPSA) is 103 Å². The van der Waals surface area contributed by atoms with Gasteiger partial charge in [0, 0.05) is 10.4 Å². The maximum absolute atomic E-state index is 12.6. The van der Waals surface area contributed by atoms with E-state index in [2.05, 4.69) is 10.4 Å². The lowest BCUT2D eigenvalue weighted by molar-refractivity contribution is -0.116. The van der Waals surface area contributed by atoms with Gasteiger partial charge in [-0.3, -0.25) is 9.59 Å². The number of nitrogens with one attached hydrogen (secondary N) is 1. The third kappa shape index (κ3) is 4.01. The highest BCUT2D eigenvalue weighted by Gasteiger charge is 2.25. The first kappa shape index (κ1) is 19.5. The van der Waals surface area contributed by atoms with E-state index in [4.69, 9.17) is 22.4 Å². The Labute approximate surface area is 176 Å². The molecular weight excluding hydrogens is 408 g/mol. The molecule has 0 saturated heterocycles. The molecule has 1 aromatic carbocycles. The van der Waals surface area contributed by atoms with Crippen LogP contribution < -0.4 is 11.1 Å². The van der Waals surface area contributed by atoms with Crippen molar-refractivity contribution < 1.29 is 14.0 Å². The van der Waals surface area contributed by atoms with E-state index in [1.54, 1.807) is 0 Å². The van der Waals surface area contributed by atoms with Gasteiger partial charge in [0.25, 0.3) is 10.7 Å². The van der Waals surface area contributed by atoms with Crippen LogP contribution in [0.5, 0.6) is 0 Å². The largest absolute Gasteiger partial charge is 0.409 e. The molecule has 0 bridgehead atoms. The van der Waals surface area contributed by atoms with Crippen LogP contribution in [0.15, 0.2) is 28.7 Å². The number of nitrogens with zero attached hydrogens (tertiary/aromatic N) is 2. The van der Waals surface area contributed by atoms with Gasteiger partial charge in [-0.2, -0.15) is 0 Å². The minimum atomic E-state index is -0.514. The lowest BCUT2D eigenvalue weighted by Gasteiger charge is -2.11. The van der Waals surface area contributed by atoms with E-state index in [0.29, 0.717) is 16.5 Å². The molecule has 2 heterocycles. The van der Waals surface area contributed by atoms with Gasteiger partial charge in [-0.05, 0) is 62.5 Å². The molecule has 2 amide bonds. The molecule has 0 aliphatic heterocycles. The van der Waals surface area contributed by atoms with Gasteiger partial charge >= 0.3 is 0 Å². The molecular formula is C20H20N4O3S2. The van der Waals surface area contributed by atoms with Crippen LogP contribution in [0.25, 0.3) is 11.5 Å². The Bertz CT molecular complexity index is 1140. The van der Waals surface area contributed by atoms with Crippen LogP contribution in [0.3, 0.4) is 0 Å². The molecule has 1 aliphatic rings. The maximum Gasteiger partial charge on any atom is 0.287 e. The van der Waals surface area contributed by atoms with E-state index in [9.17, 15) is 9.59 Å². The molecule has 0 spiro atoms. The number of carbonyl (C=O) groups is 2. The zero-order chi connectivity index (χ0) is 20.5. The summed E-state index contributed by atoms with van der Waals surface area (Å²) < 4.78 is 6.87. The quantitative estimate of drug-likeness (QED) is 0.601. The van der Waals surface area contributed by atoms with E-state index in [1.807, 2.05) is 31.2 Å². The van der Waals surface area contributed by atoms with Crippen LogP contribution in [-0.2, 0) is 24.2 Å². The monoisotopic (exact) mass is 428 g/mol. The third-order valence-corrected chi connectivity index (χ3v) is 6.37. The number of benzene rings is 1. The summed E-state index contributed by atoms with van der Waals surface area (Å²) in [4.78, 5) is 25.8. The van der Waals surface area contributed by atoms with Crippen LogP contribution in [0.2, 0.25) is 0 Å². The molecule has 2 aromatic heterocycles. The minimum absolute atomic E-state index is 0.108. The highest BCUT2D eigenvalue weighted by molar-refractivity contribution is 7.71. The van der Waals surface area contributed by atoms with Gasteiger partial charge in [-0.1, -0.05) is 17.7 Å². The van der Waals surface area contributed by atoms with Crippen LogP contribution in [0.1, 0.15) is 39.2 Å². The molecule has 0 fully saturated rings.